The molecular weight excluding hydrogens is 239 g/mol. The van der Waals surface area contributed by atoms with Gasteiger partial charge >= 0.3 is 34.3 Å². The fourth-order valence-electron chi connectivity index (χ4n) is 1.10. The van der Waals surface area contributed by atoms with Crippen LogP contribution in [0.15, 0.2) is 24.3 Å². The second-order valence-electron chi connectivity index (χ2n) is 2.79. The molecular formula is C8H6N4NaO2S+. The number of nitrogens with zero attached hydrogens (tertiary/aromatic N) is 2. The largest absolute Gasteiger partial charge is 1.00 e. The number of rotatable bonds is 2. The van der Waals surface area contributed by atoms with Gasteiger partial charge in [0.2, 0.25) is 0 Å². The van der Waals surface area contributed by atoms with Crippen LogP contribution in [0.2, 0.25) is 0 Å². The summed E-state index contributed by atoms with van der Waals surface area (Å²) in [7, 11) is 0. The van der Waals surface area contributed by atoms with Gasteiger partial charge in [0.05, 0.1) is 5.97 Å². The Balaban J connectivity index is 0.00000128. The van der Waals surface area contributed by atoms with E-state index in [1.54, 1.807) is 12.1 Å². The number of carboxylic acids is 1. The SMILES string of the molecule is O=C([O-])c1ccc(-[n+]2nc(=S)[nH][nH]2)cc1.[Na+]. The zero-order valence-electron chi connectivity index (χ0n) is 8.43. The first-order chi connectivity index (χ1) is 7.16. The Morgan fingerprint density at radius 2 is 2.00 bits per heavy atom. The van der Waals surface area contributed by atoms with Crippen LogP contribution in [0.25, 0.3) is 5.69 Å². The molecule has 1 heterocycles. The van der Waals surface area contributed by atoms with Crippen LogP contribution in [0.4, 0.5) is 0 Å². The molecule has 0 radical (unpaired) electrons. The zero-order valence-corrected chi connectivity index (χ0v) is 11.2. The van der Waals surface area contributed by atoms with Crippen LogP contribution in [0.3, 0.4) is 0 Å². The molecule has 76 valence electrons. The number of hydrogen-bond acceptors (Lipinski definition) is 4. The normalized spacial score (nSPS) is 9.50. The van der Waals surface area contributed by atoms with Gasteiger partial charge in [0.1, 0.15) is 0 Å². The molecule has 0 amide bonds. The minimum absolute atomic E-state index is 0. The van der Waals surface area contributed by atoms with E-state index in [1.807, 2.05) is 0 Å². The van der Waals surface area contributed by atoms with Gasteiger partial charge in [-0.15, -0.1) is 5.10 Å². The Morgan fingerprint density at radius 3 is 2.44 bits per heavy atom. The van der Waals surface area contributed by atoms with Crippen LogP contribution in [0.5, 0.6) is 0 Å². The van der Waals surface area contributed by atoms with Crippen molar-refractivity contribution in [2.75, 3.05) is 0 Å². The maximum absolute atomic E-state index is 10.5. The minimum Gasteiger partial charge on any atom is -0.545 e. The molecule has 1 aromatic heterocycles. The van der Waals surface area contributed by atoms with Crippen LogP contribution >= 0.6 is 12.2 Å². The molecule has 0 saturated heterocycles. The molecule has 6 nitrogen and oxygen atoms in total. The van der Waals surface area contributed by atoms with Crippen molar-refractivity contribution in [1.82, 2.24) is 15.4 Å². The molecule has 0 aliphatic rings. The van der Waals surface area contributed by atoms with Crippen molar-refractivity contribution >= 4 is 18.2 Å². The van der Waals surface area contributed by atoms with Crippen LogP contribution in [-0.2, 0) is 0 Å². The van der Waals surface area contributed by atoms with Crippen LogP contribution < -0.4 is 39.5 Å². The predicted molar refractivity (Wildman–Crippen MR) is 49.6 cm³/mol. The second-order valence-corrected chi connectivity index (χ2v) is 3.17. The summed E-state index contributed by atoms with van der Waals surface area (Å²) in [4.78, 5) is 11.9. The minimum atomic E-state index is -1.21. The molecule has 0 unspecified atom stereocenters. The Kier molecular flexibility index (Phi) is 4.36. The smallest absolute Gasteiger partial charge is 0.545 e. The van der Waals surface area contributed by atoms with E-state index in [-0.39, 0.29) is 35.1 Å². The van der Waals surface area contributed by atoms with Gasteiger partial charge in [0.15, 0.2) is 5.69 Å². The molecule has 16 heavy (non-hydrogen) atoms. The van der Waals surface area contributed by atoms with Gasteiger partial charge in [-0.05, 0) is 46.8 Å². The van der Waals surface area contributed by atoms with Crippen molar-refractivity contribution in [1.29, 1.82) is 0 Å². The topological polar surface area (TPSA) is 88.5 Å². The Bertz CT molecular complexity index is 548. The maximum atomic E-state index is 10.5. The Hall–Kier alpha value is -1.02. The van der Waals surface area contributed by atoms with Gasteiger partial charge < -0.3 is 9.90 Å². The number of H-pyrrole nitrogens is 2. The summed E-state index contributed by atoms with van der Waals surface area (Å²) in [6.45, 7) is 0. The van der Waals surface area contributed by atoms with Crippen molar-refractivity contribution < 1.29 is 44.3 Å². The number of tetrazole rings is 1. The molecule has 1 aromatic carbocycles. The number of benzene rings is 1. The van der Waals surface area contributed by atoms with Crippen molar-refractivity contribution in [2.45, 2.75) is 0 Å². The summed E-state index contributed by atoms with van der Waals surface area (Å²) in [6.07, 6.45) is 0. The van der Waals surface area contributed by atoms with Gasteiger partial charge in [-0.25, -0.2) is 0 Å². The van der Waals surface area contributed by atoms with E-state index in [2.05, 4.69) is 15.4 Å². The quantitative estimate of drug-likeness (QED) is 0.322. The second kappa shape index (κ2) is 5.35. The summed E-state index contributed by atoms with van der Waals surface area (Å²) in [5.41, 5.74) is 0.792. The van der Waals surface area contributed by atoms with E-state index in [9.17, 15) is 9.90 Å². The summed E-state index contributed by atoms with van der Waals surface area (Å²) >= 11 is 4.78. The van der Waals surface area contributed by atoms with Gasteiger partial charge in [-0.3, -0.25) is 0 Å². The van der Waals surface area contributed by atoms with Crippen molar-refractivity contribution in [3.63, 3.8) is 0 Å². The number of carboxylic acid groups (broad SMARTS) is 1. The first-order valence-corrected chi connectivity index (χ1v) is 4.46. The fourth-order valence-corrected chi connectivity index (χ4v) is 1.23. The van der Waals surface area contributed by atoms with Gasteiger partial charge in [0, 0.05) is 5.10 Å². The van der Waals surface area contributed by atoms with Crippen molar-refractivity contribution in [3.8, 4) is 5.69 Å². The van der Waals surface area contributed by atoms with Gasteiger partial charge in [-0.1, -0.05) is 5.21 Å². The van der Waals surface area contributed by atoms with E-state index in [0.29, 0.717) is 10.5 Å². The van der Waals surface area contributed by atoms with E-state index >= 15 is 0 Å². The molecule has 8 heteroatoms. The third-order valence-electron chi connectivity index (χ3n) is 1.81. The third-order valence-corrected chi connectivity index (χ3v) is 1.99. The first kappa shape index (κ1) is 13.0. The molecule has 0 fully saturated rings. The maximum Gasteiger partial charge on any atom is 1.00 e. The molecule has 0 aliphatic heterocycles. The molecule has 2 aromatic rings. The van der Waals surface area contributed by atoms with Gasteiger partial charge in [0.25, 0.3) is 0 Å². The predicted octanol–water partition coefficient (Wildman–Crippen LogP) is -3.89. The average molecular weight is 245 g/mol. The molecule has 2 rings (SSSR count). The molecule has 0 spiro atoms. The van der Waals surface area contributed by atoms with Gasteiger partial charge in [-0.2, -0.15) is 0 Å². The number of hydrogen-bond donors (Lipinski definition) is 2. The monoisotopic (exact) mass is 245 g/mol. The fraction of sp³-hybridized carbons (Fsp3) is 0. The summed E-state index contributed by atoms with van der Waals surface area (Å²) in [6, 6.07) is 6.06. The molecule has 0 saturated carbocycles. The summed E-state index contributed by atoms with van der Waals surface area (Å²) in [5.74, 6) is -1.21. The molecule has 0 bridgehead atoms. The molecule has 0 aliphatic carbocycles. The average Bonchev–Trinajstić information content (AvgIpc) is 2.65. The van der Waals surface area contributed by atoms with Crippen LogP contribution in [-0.4, -0.2) is 21.4 Å². The molecule has 0 atom stereocenters. The number of carbonyl (C=O) groups excluding carboxylic acids is 1. The zero-order chi connectivity index (χ0) is 10.8. The summed E-state index contributed by atoms with van der Waals surface area (Å²) in [5, 5.41) is 19.7. The van der Waals surface area contributed by atoms with Crippen LogP contribution in [0.1, 0.15) is 10.4 Å². The Labute approximate surface area is 118 Å². The number of aromatic carboxylic acids is 1. The molecule has 2 N–H and O–H groups in total. The Morgan fingerprint density at radius 1 is 1.38 bits per heavy atom. The third kappa shape index (κ3) is 2.76. The van der Waals surface area contributed by atoms with Crippen LogP contribution in [0, 0.1) is 4.77 Å². The number of aromatic amines is 2. The first-order valence-electron chi connectivity index (χ1n) is 4.05. The van der Waals surface area contributed by atoms with E-state index in [0.717, 1.165) is 0 Å². The standard InChI is InChI=1S/C8H6N4O2S.Na/c13-7(14)5-1-3-6(4-2-5)12-10-8(15)9-11-12;/h1-4H,(H2,10,13,14,15);/q;+1. The summed E-state index contributed by atoms with van der Waals surface area (Å²) < 4.78 is 0.318. The van der Waals surface area contributed by atoms with E-state index in [1.165, 1.54) is 16.9 Å². The number of carbonyl (C=O) groups is 1. The van der Waals surface area contributed by atoms with Crippen molar-refractivity contribution in [2.24, 2.45) is 0 Å². The number of aromatic nitrogens is 4. The number of nitrogens with one attached hydrogen (secondary N) is 2. The van der Waals surface area contributed by atoms with E-state index < -0.39 is 5.97 Å². The van der Waals surface area contributed by atoms with E-state index in [4.69, 9.17) is 12.2 Å². The van der Waals surface area contributed by atoms with Crippen molar-refractivity contribution in [3.05, 3.63) is 34.6 Å².